The van der Waals surface area contributed by atoms with Crippen LogP contribution in [0.25, 0.3) is 0 Å². The predicted octanol–water partition coefficient (Wildman–Crippen LogP) is 2.84. The van der Waals surface area contributed by atoms with Gasteiger partial charge in [-0.05, 0) is 33.1 Å². The summed E-state index contributed by atoms with van der Waals surface area (Å²) in [5.74, 6) is -3.05. The first kappa shape index (κ1) is 14.7. The average molecular weight is 275 g/mol. The Bertz CT molecular complexity index is 327. The number of amides is 1. The Kier molecular flexibility index (Phi) is 4.43. The summed E-state index contributed by atoms with van der Waals surface area (Å²) >= 11 is 0. The second-order valence-corrected chi connectivity index (χ2v) is 5.96. The van der Waals surface area contributed by atoms with Gasteiger partial charge in [0.1, 0.15) is 6.10 Å². The van der Waals surface area contributed by atoms with Crippen LogP contribution in [0.4, 0.5) is 8.78 Å². The first-order valence-electron chi connectivity index (χ1n) is 7.22. The van der Waals surface area contributed by atoms with Crippen LogP contribution in [0.1, 0.15) is 46.0 Å². The molecular formula is C14H23F2NO2. The fourth-order valence-corrected chi connectivity index (χ4v) is 3.03. The van der Waals surface area contributed by atoms with E-state index in [4.69, 9.17) is 4.74 Å². The number of piperidine rings is 1. The normalized spacial score (nSPS) is 28.1. The largest absolute Gasteiger partial charge is 0.369 e. The minimum atomic E-state index is -2.93. The zero-order chi connectivity index (χ0) is 14.0. The molecule has 110 valence electrons. The number of hydrogen-bond donors (Lipinski definition) is 0. The van der Waals surface area contributed by atoms with E-state index in [0.29, 0.717) is 6.54 Å². The molecule has 5 heteroatoms. The molecule has 0 aromatic carbocycles. The maximum absolute atomic E-state index is 14.0. The minimum Gasteiger partial charge on any atom is -0.369 e. The highest BCUT2D eigenvalue weighted by atomic mass is 19.3. The molecule has 2 fully saturated rings. The monoisotopic (exact) mass is 275 g/mol. The second-order valence-electron chi connectivity index (χ2n) is 5.96. The van der Waals surface area contributed by atoms with Crippen LogP contribution in [0.2, 0.25) is 0 Å². The van der Waals surface area contributed by atoms with E-state index < -0.39 is 18.6 Å². The van der Waals surface area contributed by atoms with E-state index in [-0.39, 0.29) is 24.3 Å². The van der Waals surface area contributed by atoms with E-state index in [1.54, 1.807) is 13.8 Å². The van der Waals surface area contributed by atoms with E-state index >= 15 is 0 Å². The Morgan fingerprint density at radius 2 is 1.89 bits per heavy atom. The molecule has 2 rings (SSSR count). The highest BCUT2D eigenvalue weighted by Gasteiger charge is 2.47. The summed E-state index contributed by atoms with van der Waals surface area (Å²) in [7, 11) is 0. The smallest absolute Gasteiger partial charge is 0.290 e. The van der Waals surface area contributed by atoms with Crippen molar-refractivity contribution in [1.82, 2.24) is 4.90 Å². The first-order valence-corrected chi connectivity index (χ1v) is 7.22. The summed E-state index contributed by atoms with van der Waals surface area (Å²) in [5, 5.41) is 0. The van der Waals surface area contributed by atoms with Crippen LogP contribution in [0.15, 0.2) is 0 Å². The molecule has 0 radical (unpaired) electrons. The molecule has 1 atom stereocenters. The van der Waals surface area contributed by atoms with Gasteiger partial charge in [-0.1, -0.05) is 12.8 Å². The third kappa shape index (κ3) is 3.44. The molecule has 1 amide bonds. The standard InChI is InChI=1S/C14H23F2NO2/c1-10(2)19-12-7-8-17(9-14(12,15)16)13(18)11-5-3-4-6-11/h10-12H,3-9H2,1-2H3. The Morgan fingerprint density at radius 3 is 2.42 bits per heavy atom. The zero-order valence-electron chi connectivity index (χ0n) is 11.7. The summed E-state index contributed by atoms with van der Waals surface area (Å²) in [6.45, 7) is 3.42. The molecule has 1 heterocycles. The van der Waals surface area contributed by atoms with Gasteiger partial charge in [-0.15, -0.1) is 0 Å². The van der Waals surface area contributed by atoms with Gasteiger partial charge in [0.2, 0.25) is 5.91 Å². The molecule has 0 bridgehead atoms. The van der Waals surface area contributed by atoms with Crippen LogP contribution < -0.4 is 0 Å². The third-order valence-electron chi connectivity index (χ3n) is 3.99. The van der Waals surface area contributed by atoms with Crippen molar-refractivity contribution in [2.24, 2.45) is 5.92 Å². The Labute approximate surface area is 113 Å². The fourth-order valence-electron chi connectivity index (χ4n) is 3.03. The molecule has 1 saturated heterocycles. The van der Waals surface area contributed by atoms with Gasteiger partial charge >= 0.3 is 0 Å². The number of halogens is 2. The highest BCUT2D eigenvalue weighted by molar-refractivity contribution is 5.79. The molecule has 19 heavy (non-hydrogen) atoms. The molecule has 0 N–H and O–H groups in total. The number of nitrogens with zero attached hydrogens (tertiary/aromatic N) is 1. The lowest BCUT2D eigenvalue weighted by molar-refractivity contribution is -0.190. The number of likely N-dealkylation sites (tertiary alicyclic amines) is 1. The summed E-state index contributed by atoms with van der Waals surface area (Å²) in [6.07, 6.45) is 2.75. The lowest BCUT2D eigenvalue weighted by Crippen LogP contribution is -2.55. The van der Waals surface area contributed by atoms with Crippen molar-refractivity contribution in [3.8, 4) is 0 Å². The molecule has 0 aromatic heterocycles. The maximum Gasteiger partial charge on any atom is 0.290 e. The van der Waals surface area contributed by atoms with Gasteiger partial charge in [-0.3, -0.25) is 4.79 Å². The van der Waals surface area contributed by atoms with E-state index in [1.807, 2.05) is 0 Å². The SMILES string of the molecule is CC(C)OC1CCN(C(=O)C2CCCC2)CC1(F)F. The number of carbonyl (C=O) groups excluding carboxylic acids is 1. The molecule has 1 aliphatic heterocycles. The van der Waals surface area contributed by atoms with Crippen LogP contribution in [-0.2, 0) is 9.53 Å². The van der Waals surface area contributed by atoms with Gasteiger partial charge in [0.25, 0.3) is 5.92 Å². The lowest BCUT2D eigenvalue weighted by atomic mass is 10.00. The Hall–Kier alpha value is -0.710. The number of carbonyl (C=O) groups is 1. The van der Waals surface area contributed by atoms with E-state index in [0.717, 1.165) is 25.7 Å². The van der Waals surface area contributed by atoms with Crippen molar-refractivity contribution in [1.29, 1.82) is 0 Å². The van der Waals surface area contributed by atoms with Crippen molar-refractivity contribution in [2.75, 3.05) is 13.1 Å². The van der Waals surface area contributed by atoms with Crippen molar-refractivity contribution in [3.05, 3.63) is 0 Å². The number of alkyl halides is 2. The fraction of sp³-hybridized carbons (Fsp3) is 0.929. The molecule has 1 unspecified atom stereocenters. The van der Waals surface area contributed by atoms with Gasteiger partial charge in [0.15, 0.2) is 0 Å². The predicted molar refractivity (Wildman–Crippen MR) is 68.1 cm³/mol. The van der Waals surface area contributed by atoms with Gasteiger partial charge in [-0.25, -0.2) is 8.78 Å². The summed E-state index contributed by atoms with van der Waals surface area (Å²) in [6, 6.07) is 0. The van der Waals surface area contributed by atoms with Crippen LogP contribution in [0, 0.1) is 5.92 Å². The first-order chi connectivity index (χ1) is 8.90. The summed E-state index contributed by atoms with van der Waals surface area (Å²) < 4.78 is 33.3. The Balaban J connectivity index is 1.95. The Morgan fingerprint density at radius 1 is 1.26 bits per heavy atom. The lowest BCUT2D eigenvalue weighted by Gasteiger charge is -2.39. The van der Waals surface area contributed by atoms with E-state index in [1.165, 1.54) is 4.90 Å². The molecule has 1 saturated carbocycles. The van der Waals surface area contributed by atoms with Gasteiger partial charge in [-0.2, -0.15) is 0 Å². The molecule has 1 aliphatic carbocycles. The number of ether oxygens (including phenoxy) is 1. The van der Waals surface area contributed by atoms with Crippen LogP contribution >= 0.6 is 0 Å². The number of rotatable bonds is 3. The van der Waals surface area contributed by atoms with E-state index in [9.17, 15) is 13.6 Å². The zero-order valence-corrected chi connectivity index (χ0v) is 11.7. The maximum atomic E-state index is 14.0. The van der Waals surface area contributed by atoms with Gasteiger partial charge < -0.3 is 9.64 Å². The van der Waals surface area contributed by atoms with Crippen molar-refractivity contribution >= 4 is 5.91 Å². The van der Waals surface area contributed by atoms with Crippen molar-refractivity contribution < 1.29 is 18.3 Å². The molecule has 0 aromatic rings. The summed E-state index contributed by atoms with van der Waals surface area (Å²) in [5.41, 5.74) is 0. The van der Waals surface area contributed by atoms with Gasteiger partial charge in [0.05, 0.1) is 12.6 Å². The van der Waals surface area contributed by atoms with Crippen LogP contribution in [-0.4, -0.2) is 42.0 Å². The molecule has 3 nitrogen and oxygen atoms in total. The van der Waals surface area contributed by atoms with Crippen molar-refractivity contribution in [3.63, 3.8) is 0 Å². The average Bonchev–Trinajstić information content (AvgIpc) is 2.83. The van der Waals surface area contributed by atoms with Crippen LogP contribution in [0.3, 0.4) is 0 Å². The summed E-state index contributed by atoms with van der Waals surface area (Å²) in [4.78, 5) is 13.5. The van der Waals surface area contributed by atoms with E-state index in [2.05, 4.69) is 0 Å². The van der Waals surface area contributed by atoms with Crippen LogP contribution in [0.5, 0.6) is 0 Å². The number of hydrogen-bond acceptors (Lipinski definition) is 2. The molecule has 0 spiro atoms. The third-order valence-corrected chi connectivity index (χ3v) is 3.99. The van der Waals surface area contributed by atoms with Gasteiger partial charge in [0, 0.05) is 12.5 Å². The molecular weight excluding hydrogens is 252 g/mol. The molecule has 2 aliphatic rings. The highest BCUT2D eigenvalue weighted by Crippen LogP contribution is 2.33. The minimum absolute atomic E-state index is 0.0293. The quantitative estimate of drug-likeness (QED) is 0.792. The van der Waals surface area contributed by atoms with Crippen molar-refractivity contribution in [2.45, 2.75) is 64.1 Å². The second kappa shape index (κ2) is 5.73. The topological polar surface area (TPSA) is 29.5 Å².